The number of piperazine rings is 1. The van der Waals surface area contributed by atoms with Crippen molar-refractivity contribution < 1.29 is 9.59 Å². The van der Waals surface area contributed by atoms with Gasteiger partial charge in [-0.25, -0.2) is 0 Å². The highest BCUT2D eigenvalue weighted by Crippen LogP contribution is 2.14. The van der Waals surface area contributed by atoms with Crippen molar-refractivity contribution in [1.82, 2.24) is 15.1 Å². The molecule has 0 radical (unpaired) electrons. The molecule has 0 bridgehead atoms. The summed E-state index contributed by atoms with van der Waals surface area (Å²) >= 11 is 0. The standard InChI is InChI=1S/C25H33N3O2/c1-19-9-7-8-12-23(19)17-24(29)28-15-13-27(14-16-28)21(3)25(30)26-18-20(2)22-10-5-4-6-11-22/h4-12,20-21H,13-18H2,1-3H3,(H,26,30). The number of hydrogen-bond acceptors (Lipinski definition) is 3. The third kappa shape index (κ3) is 5.70. The Morgan fingerprint density at radius 3 is 2.23 bits per heavy atom. The Balaban J connectivity index is 1.44. The highest BCUT2D eigenvalue weighted by atomic mass is 16.2. The van der Waals surface area contributed by atoms with Crippen LogP contribution in [0.4, 0.5) is 0 Å². The zero-order chi connectivity index (χ0) is 21.5. The van der Waals surface area contributed by atoms with E-state index in [4.69, 9.17) is 0 Å². The molecule has 3 rings (SSSR count). The molecule has 5 nitrogen and oxygen atoms in total. The summed E-state index contributed by atoms with van der Waals surface area (Å²) in [5.41, 5.74) is 3.47. The van der Waals surface area contributed by atoms with E-state index in [0.717, 1.165) is 24.2 Å². The SMILES string of the molecule is Cc1ccccc1CC(=O)N1CCN(C(C)C(=O)NCC(C)c2ccccc2)CC1. The number of carbonyl (C=O) groups excluding carboxylic acids is 2. The van der Waals surface area contributed by atoms with Crippen molar-refractivity contribution in [2.75, 3.05) is 32.7 Å². The number of hydrogen-bond donors (Lipinski definition) is 1. The van der Waals surface area contributed by atoms with Crippen molar-refractivity contribution in [3.05, 3.63) is 71.3 Å². The Morgan fingerprint density at radius 2 is 1.57 bits per heavy atom. The summed E-state index contributed by atoms with van der Waals surface area (Å²) in [4.78, 5) is 29.4. The molecule has 1 heterocycles. The van der Waals surface area contributed by atoms with E-state index in [9.17, 15) is 9.59 Å². The van der Waals surface area contributed by atoms with Gasteiger partial charge in [0.25, 0.3) is 0 Å². The molecule has 1 N–H and O–H groups in total. The van der Waals surface area contributed by atoms with E-state index < -0.39 is 0 Å². The van der Waals surface area contributed by atoms with Crippen LogP contribution in [0.15, 0.2) is 54.6 Å². The second-order valence-corrected chi connectivity index (χ2v) is 8.25. The second-order valence-electron chi connectivity index (χ2n) is 8.25. The van der Waals surface area contributed by atoms with Gasteiger partial charge in [0.15, 0.2) is 0 Å². The number of aryl methyl sites for hydroxylation is 1. The Kier molecular flexibility index (Phi) is 7.63. The summed E-state index contributed by atoms with van der Waals surface area (Å²) in [5, 5.41) is 3.09. The first kappa shape index (κ1) is 22.0. The quantitative estimate of drug-likeness (QED) is 0.768. The van der Waals surface area contributed by atoms with Crippen LogP contribution in [0.5, 0.6) is 0 Å². The zero-order valence-electron chi connectivity index (χ0n) is 18.3. The number of carbonyl (C=O) groups is 2. The molecule has 160 valence electrons. The number of nitrogens with one attached hydrogen (secondary N) is 1. The molecule has 2 amide bonds. The van der Waals surface area contributed by atoms with Gasteiger partial charge in [0.2, 0.25) is 11.8 Å². The number of nitrogens with zero attached hydrogens (tertiary/aromatic N) is 2. The summed E-state index contributed by atoms with van der Waals surface area (Å²) < 4.78 is 0. The minimum Gasteiger partial charge on any atom is -0.354 e. The molecule has 0 spiro atoms. The predicted molar refractivity (Wildman–Crippen MR) is 120 cm³/mol. The molecule has 1 aliphatic heterocycles. The van der Waals surface area contributed by atoms with Crippen molar-refractivity contribution in [3.8, 4) is 0 Å². The highest BCUT2D eigenvalue weighted by molar-refractivity contribution is 5.81. The van der Waals surface area contributed by atoms with E-state index >= 15 is 0 Å². The molecule has 2 unspecified atom stereocenters. The minimum atomic E-state index is -0.193. The molecule has 1 saturated heterocycles. The molecule has 1 fully saturated rings. The Morgan fingerprint density at radius 1 is 0.933 bits per heavy atom. The van der Waals surface area contributed by atoms with Gasteiger partial charge in [0, 0.05) is 32.7 Å². The molecule has 2 aromatic rings. The fourth-order valence-electron chi connectivity index (χ4n) is 3.91. The van der Waals surface area contributed by atoms with E-state index in [2.05, 4.69) is 29.3 Å². The minimum absolute atomic E-state index is 0.0532. The topological polar surface area (TPSA) is 52.7 Å². The smallest absolute Gasteiger partial charge is 0.237 e. The second kappa shape index (κ2) is 10.4. The maximum Gasteiger partial charge on any atom is 0.237 e. The fourth-order valence-corrected chi connectivity index (χ4v) is 3.91. The Labute approximate surface area is 180 Å². The summed E-state index contributed by atoms with van der Waals surface area (Å²) in [5.74, 6) is 0.494. The normalized spacial score (nSPS) is 16.7. The maximum absolute atomic E-state index is 12.7. The number of amides is 2. The average molecular weight is 408 g/mol. The average Bonchev–Trinajstić information content (AvgIpc) is 2.79. The largest absolute Gasteiger partial charge is 0.354 e. The van der Waals surface area contributed by atoms with E-state index in [-0.39, 0.29) is 23.8 Å². The van der Waals surface area contributed by atoms with Crippen LogP contribution in [-0.4, -0.2) is 60.4 Å². The van der Waals surface area contributed by atoms with Crippen LogP contribution in [0.25, 0.3) is 0 Å². The summed E-state index contributed by atoms with van der Waals surface area (Å²) in [6.07, 6.45) is 0.445. The van der Waals surface area contributed by atoms with Gasteiger partial charge < -0.3 is 10.2 Å². The van der Waals surface area contributed by atoms with E-state index in [0.29, 0.717) is 26.1 Å². The molecule has 5 heteroatoms. The lowest BCUT2D eigenvalue weighted by atomic mass is 10.0. The van der Waals surface area contributed by atoms with Crippen LogP contribution in [0.1, 0.15) is 36.5 Å². The van der Waals surface area contributed by atoms with Gasteiger partial charge >= 0.3 is 0 Å². The monoisotopic (exact) mass is 407 g/mol. The van der Waals surface area contributed by atoms with E-state index in [1.54, 1.807) is 0 Å². The van der Waals surface area contributed by atoms with Crippen LogP contribution in [0, 0.1) is 6.92 Å². The van der Waals surface area contributed by atoms with E-state index in [1.165, 1.54) is 5.56 Å². The van der Waals surface area contributed by atoms with Crippen LogP contribution in [-0.2, 0) is 16.0 Å². The third-order valence-electron chi connectivity index (χ3n) is 6.15. The third-order valence-corrected chi connectivity index (χ3v) is 6.15. The number of benzene rings is 2. The summed E-state index contributed by atoms with van der Waals surface area (Å²) in [7, 11) is 0. The van der Waals surface area contributed by atoms with Crippen molar-refractivity contribution >= 4 is 11.8 Å². The van der Waals surface area contributed by atoms with Crippen LogP contribution in [0.3, 0.4) is 0 Å². The van der Waals surface area contributed by atoms with Gasteiger partial charge in [-0.3, -0.25) is 14.5 Å². The molecule has 30 heavy (non-hydrogen) atoms. The molecule has 2 atom stereocenters. The molecule has 0 saturated carbocycles. The van der Waals surface area contributed by atoms with E-state index in [1.807, 2.05) is 61.2 Å². The lowest BCUT2D eigenvalue weighted by Crippen LogP contribution is -2.55. The van der Waals surface area contributed by atoms with Gasteiger partial charge in [-0.2, -0.15) is 0 Å². The predicted octanol–water partition coefficient (Wildman–Crippen LogP) is 2.99. The first-order valence-corrected chi connectivity index (χ1v) is 10.8. The first-order chi connectivity index (χ1) is 14.5. The van der Waals surface area contributed by atoms with Crippen LogP contribution < -0.4 is 5.32 Å². The Hall–Kier alpha value is -2.66. The Bertz CT molecular complexity index is 844. The fraction of sp³-hybridized carbons (Fsp3) is 0.440. The molecule has 1 aliphatic rings. The molecular weight excluding hydrogens is 374 g/mol. The molecule has 0 aliphatic carbocycles. The molecule has 2 aromatic carbocycles. The van der Waals surface area contributed by atoms with Crippen molar-refractivity contribution in [3.63, 3.8) is 0 Å². The van der Waals surface area contributed by atoms with Gasteiger partial charge in [0.05, 0.1) is 12.5 Å². The van der Waals surface area contributed by atoms with Crippen molar-refractivity contribution in [1.29, 1.82) is 0 Å². The van der Waals surface area contributed by atoms with Gasteiger partial charge in [-0.15, -0.1) is 0 Å². The van der Waals surface area contributed by atoms with Gasteiger partial charge in [-0.1, -0.05) is 61.5 Å². The molecular formula is C25H33N3O2. The lowest BCUT2D eigenvalue weighted by Gasteiger charge is -2.37. The van der Waals surface area contributed by atoms with Crippen LogP contribution >= 0.6 is 0 Å². The maximum atomic E-state index is 12.7. The van der Waals surface area contributed by atoms with Crippen molar-refractivity contribution in [2.24, 2.45) is 0 Å². The zero-order valence-corrected chi connectivity index (χ0v) is 18.3. The van der Waals surface area contributed by atoms with Crippen molar-refractivity contribution in [2.45, 2.75) is 39.2 Å². The molecule has 0 aromatic heterocycles. The number of rotatable bonds is 7. The van der Waals surface area contributed by atoms with Gasteiger partial charge in [-0.05, 0) is 36.5 Å². The summed E-state index contributed by atoms with van der Waals surface area (Å²) in [6.45, 7) is 9.53. The van der Waals surface area contributed by atoms with Gasteiger partial charge in [0.1, 0.15) is 0 Å². The first-order valence-electron chi connectivity index (χ1n) is 10.8. The summed E-state index contributed by atoms with van der Waals surface area (Å²) in [6, 6.07) is 18.1. The van der Waals surface area contributed by atoms with Crippen LogP contribution in [0.2, 0.25) is 0 Å². The highest BCUT2D eigenvalue weighted by Gasteiger charge is 2.27. The lowest BCUT2D eigenvalue weighted by molar-refractivity contribution is -0.133.